The minimum Gasteiger partial charge on any atom is -0.443 e. The van der Waals surface area contributed by atoms with E-state index in [-0.39, 0.29) is 12.2 Å². The summed E-state index contributed by atoms with van der Waals surface area (Å²) in [7, 11) is 0. The lowest BCUT2D eigenvalue weighted by atomic mass is 10.1. The van der Waals surface area contributed by atoms with Gasteiger partial charge in [0.2, 0.25) is 0 Å². The van der Waals surface area contributed by atoms with Crippen LogP contribution in [0.3, 0.4) is 0 Å². The number of aromatic nitrogens is 2. The molecule has 0 aromatic carbocycles. The van der Waals surface area contributed by atoms with Crippen LogP contribution in [0.25, 0.3) is 0 Å². The second-order valence-corrected chi connectivity index (χ2v) is 5.96. The van der Waals surface area contributed by atoms with Crippen molar-refractivity contribution < 1.29 is 14.3 Å². The molecule has 1 atom stereocenters. The lowest BCUT2D eigenvalue weighted by Crippen LogP contribution is -2.44. The number of carbonyl (C=O) groups excluding carboxylic acids is 1. The van der Waals surface area contributed by atoms with Crippen molar-refractivity contribution in [3.8, 4) is 0 Å². The largest absolute Gasteiger partial charge is 0.443 e. The number of anilines is 1. The molecule has 7 heteroatoms. The van der Waals surface area contributed by atoms with E-state index in [0.29, 0.717) is 24.6 Å². The highest BCUT2D eigenvalue weighted by Gasteiger charge is 2.25. The van der Waals surface area contributed by atoms with Gasteiger partial charge in [0.15, 0.2) is 6.23 Å². The van der Waals surface area contributed by atoms with E-state index in [9.17, 15) is 4.79 Å². The van der Waals surface area contributed by atoms with E-state index in [4.69, 9.17) is 9.47 Å². The second kappa shape index (κ2) is 7.70. The molecule has 0 bridgehead atoms. The van der Waals surface area contributed by atoms with E-state index in [1.807, 2.05) is 6.92 Å². The van der Waals surface area contributed by atoms with Crippen LogP contribution in [0.5, 0.6) is 0 Å². The van der Waals surface area contributed by atoms with Gasteiger partial charge in [0.25, 0.3) is 0 Å². The Kier molecular flexibility index (Phi) is 5.40. The van der Waals surface area contributed by atoms with Gasteiger partial charge in [-0.15, -0.1) is 0 Å². The Labute approximate surface area is 136 Å². The van der Waals surface area contributed by atoms with Crippen molar-refractivity contribution in [2.24, 2.45) is 0 Å². The number of piperidine rings is 1. The van der Waals surface area contributed by atoms with Crippen LogP contribution in [0.2, 0.25) is 0 Å². The molecular weight excluding hydrogens is 296 g/mol. The summed E-state index contributed by atoms with van der Waals surface area (Å²) in [6.07, 6.45) is 6.26. The zero-order valence-corrected chi connectivity index (χ0v) is 13.6. The third-order valence-corrected chi connectivity index (χ3v) is 4.40. The van der Waals surface area contributed by atoms with Crippen molar-refractivity contribution in [2.45, 2.75) is 32.4 Å². The molecule has 0 saturated carbocycles. The Morgan fingerprint density at radius 2 is 1.96 bits per heavy atom. The molecule has 126 valence electrons. The molecule has 0 spiro atoms. The van der Waals surface area contributed by atoms with Crippen molar-refractivity contribution in [1.82, 2.24) is 14.9 Å². The van der Waals surface area contributed by atoms with Crippen molar-refractivity contribution in [2.75, 3.05) is 44.3 Å². The van der Waals surface area contributed by atoms with E-state index < -0.39 is 0 Å². The third kappa shape index (κ3) is 3.97. The predicted octanol–water partition coefficient (Wildman–Crippen LogP) is 1.30. The zero-order valence-electron chi connectivity index (χ0n) is 13.6. The average Bonchev–Trinajstić information content (AvgIpc) is 2.63. The first-order valence-corrected chi connectivity index (χ1v) is 8.33. The van der Waals surface area contributed by atoms with Crippen LogP contribution in [-0.4, -0.2) is 66.5 Å². The normalized spacial score (nSPS) is 21.0. The number of nitrogens with zero attached hydrogens (tertiary/aromatic N) is 4. The standard InChI is InChI=1S/C16H24N4O3/c1-13(19-7-9-22-10-8-19)23-16(21)14-11-17-12-18-15(14)20-5-3-2-4-6-20/h11-13H,2-10H2,1H3. The van der Waals surface area contributed by atoms with Gasteiger partial charge in [-0.3, -0.25) is 4.90 Å². The van der Waals surface area contributed by atoms with Crippen molar-refractivity contribution >= 4 is 11.8 Å². The van der Waals surface area contributed by atoms with E-state index >= 15 is 0 Å². The maximum absolute atomic E-state index is 12.6. The molecule has 1 aromatic rings. The first-order chi connectivity index (χ1) is 11.3. The molecule has 2 aliphatic rings. The summed E-state index contributed by atoms with van der Waals surface area (Å²) < 4.78 is 11.0. The summed E-state index contributed by atoms with van der Waals surface area (Å²) in [5.74, 6) is 0.337. The fourth-order valence-electron chi connectivity index (χ4n) is 3.06. The quantitative estimate of drug-likeness (QED) is 0.775. The van der Waals surface area contributed by atoms with Crippen molar-refractivity contribution in [3.05, 3.63) is 18.1 Å². The molecule has 0 N–H and O–H groups in total. The Morgan fingerprint density at radius 1 is 1.22 bits per heavy atom. The number of esters is 1. The van der Waals surface area contributed by atoms with Gasteiger partial charge in [-0.05, 0) is 26.2 Å². The third-order valence-electron chi connectivity index (χ3n) is 4.40. The fourth-order valence-corrected chi connectivity index (χ4v) is 3.06. The Morgan fingerprint density at radius 3 is 2.70 bits per heavy atom. The monoisotopic (exact) mass is 320 g/mol. The number of rotatable bonds is 4. The van der Waals surface area contributed by atoms with Crippen LogP contribution in [0.15, 0.2) is 12.5 Å². The van der Waals surface area contributed by atoms with Crippen LogP contribution >= 0.6 is 0 Å². The molecular formula is C16H24N4O3. The van der Waals surface area contributed by atoms with Gasteiger partial charge >= 0.3 is 5.97 Å². The van der Waals surface area contributed by atoms with Crippen LogP contribution in [0.1, 0.15) is 36.5 Å². The van der Waals surface area contributed by atoms with Crippen molar-refractivity contribution in [1.29, 1.82) is 0 Å². The second-order valence-electron chi connectivity index (χ2n) is 5.96. The molecule has 1 unspecified atom stereocenters. The van der Waals surface area contributed by atoms with Gasteiger partial charge < -0.3 is 14.4 Å². The highest BCUT2D eigenvalue weighted by molar-refractivity contribution is 5.94. The van der Waals surface area contributed by atoms with Gasteiger partial charge in [-0.2, -0.15) is 0 Å². The Balaban J connectivity index is 1.69. The lowest BCUT2D eigenvalue weighted by molar-refractivity contribution is -0.0636. The molecule has 3 heterocycles. The first-order valence-electron chi connectivity index (χ1n) is 8.33. The SMILES string of the molecule is CC(OC(=O)c1cncnc1N1CCCCC1)N1CCOCC1. The van der Waals surface area contributed by atoms with Crippen LogP contribution in [-0.2, 0) is 9.47 Å². The van der Waals surface area contributed by atoms with Gasteiger partial charge in [-0.25, -0.2) is 14.8 Å². The van der Waals surface area contributed by atoms with Crippen LogP contribution in [0.4, 0.5) is 5.82 Å². The van der Waals surface area contributed by atoms with Gasteiger partial charge in [0.1, 0.15) is 17.7 Å². The van der Waals surface area contributed by atoms with E-state index in [1.165, 1.54) is 12.7 Å². The highest BCUT2D eigenvalue weighted by Crippen LogP contribution is 2.22. The summed E-state index contributed by atoms with van der Waals surface area (Å²) in [6, 6.07) is 0. The molecule has 2 fully saturated rings. The zero-order chi connectivity index (χ0) is 16.1. The fraction of sp³-hybridized carbons (Fsp3) is 0.688. The molecule has 3 rings (SSSR count). The molecule has 0 amide bonds. The Hall–Kier alpha value is -1.73. The summed E-state index contributed by atoms with van der Waals surface area (Å²) in [6.45, 7) is 6.66. The minimum atomic E-state index is -0.356. The van der Waals surface area contributed by atoms with E-state index in [1.54, 1.807) is 6.20 Å². The maximum Gasteiger partial charge on any atom is 0.345 e. The summed E-state index contributed by atoms with van der Waals surface area (Å²) >= 11 is 0. The van der Waals surface area contributed by atoms with E-state index in [0.717, 1.165) is 39.0 Å². The molecule has 23 heavy (non-hydrogen) atoms. The van der Waals surface area contributed by atoms with Gasteiger partial charge in [0.05, 0.1) is 13.2 Å². The summed E-state index contributed by atoms with van der Waals surface area (Å²) in [5, 5.41) is 0. The number of carbonyl (C=O) groups is 1. The topological polar surface area (TPSA) is 67.8 Å². The average molecular weight is 320 g/mol. The lowest BCUT2D eigenvalue weighted by Gasteiger charge is -2.32. The highest BCUT2D eigenvalue weighted by atomic mass is 16.6. The van der Waals surface area contributed by atoms with Crippen LogP contribution in [0, 0.1) is 0 Å². The minimum absolute atomic E-state index is 0.277. The van der Waals surface area contributed by atoms with Gasteiger partial charge in [-0.1, -0.05) is 0 Å². The van der Waals surface area contributed by atoms with Gasteiger partial charge in [0, 0.05) is 32.4 Å². The molecule has 2 saturated heterocycles. The number of ether oxygens (including phenoxy) is 2. The molecule has 1 aromatic heterocycles. The molecule has 0 aliphatic carbocycles. The van der Waals surface area contributed by atoms with Crippen LogP contribution < -0.4 is 4.90 Å². The maximum atomic E-state index is 12.6. The summed E-state index contributed by atoms with van der Waals surface area (Å²) in [5.41, 5.74) is 0.453. The Bertz CT molecular complexity index is 528. The van der Waals surface area contributed by atoms with E-state index in [2.05, 4.69) is 19.8 Å². The smallest absolute Gasteiger partial charge is 0.345 e. The predicted molar refractivity (Wildman–Crippen MR) is 85.4 cm³/mol. The molecule has 2 aliphatic heterocycles. The molecule has 7 nitrogen and oxygen atoms in total. The summed E-state index contributed by atoms with van der Waals surface area (Å²) in [4.78, 5) is 25.2. The number of hydrogen-bond donors (Lipinski definition) is 0. The first kappa shape index (κ1) is 16.1. The number of morpholine rings is 1. The number of hydrogen-bond acceptors (Lipinski definition) is 7. The molecule has 0 radical (unpaired) electrons. The van der Waals surface area contributed by atoms with Crippen molar-refractivity contribution in [3.63, 3.8) is 0 Å².